The Balaban J connectivity index is 1.69. The van der Waals surface area contributed by atoms with Gasteiger partial charge in [0.2, 0.25) is 0 Å². The van der Waals surface area contributed by atoms with Crippen LogP contribution in [-0.2, 0) is 20.7 Å². The maximum Gasteiger partial charge on any atom is 0.337 e. The number of esters is 1. The molecule has 0 fully saturated rings. The molecule has 1 amide bonds. The standard InChI is InChI=1S/C23H26N2O5/c1-29-23(28)18-16-25(13-14-26)22(27)21(18)24-19-11-5-6-12-20(19)30-15-7-10-17-8-3-2-4-9-17/h2-6,8-9,11-12,24,26H,7,10,13-16H2,1H3. The van der Waals surface area contributed by atoms with Crippen LogP contribution in [0.2, 0.25) is 0 Å². The lowest BCUT2D eigenvalue weighted by Crippen LogP contribution is -2.31. The fourth-order valence-electron chi connectivity index (χ4n) is 3.28. The van der Waals surface area contributed by atoms with Crippen molar-refractivity contribution in [2.24, 2.45) is 0 Å². The minimum absolute atomic E-state index is 0.0918. The number of hydrogen-bond donors (Lipinski definition) is 2. The lowest BCUT2D eigenvalue weighted by molar-refractivity contribution is -0.136. The van der Waals surface area contributed by atoms with Crippen molar-refractivity contribution in [2.45, 2.75) is 12.8 Å². The van der Waals surface area contributed by atoms with Crippen molar-refractivity contribution in [3.05, 3.63) is 71.4 Å². The highest BCUT2D eigenvalue weighted by Crippen LogP contribution is 2.29. The minimum atomic E-state index is -0.576. The largest absolute Gasteiger partial charge is 0.491 e. The van der Waals surface area contributed by atoms with Crippen LogP contribution in [0.3, 0.4) is 0 Å². The van der Waals surface area contributed by atoms with Gasteiger partial charge < -0.3 is 24.8 Å². The molecule has 0 atom stereocenters. The van der Waals surface area contributed by atoms with Gasteiger partial charge in [-0.1, -0.05) is 42.5 Å². The van der Waals surface area contributed by atoms with Gasteiger partial charge in [-0.2, -0.15) is 0 Å². The summed E-state index contributed by atoms with van der Waals surface area (Å²) in [6.07, 6.45) is 1.75. The molecule has 158 valence electrons. The van der Waals surface area contributed by atoms with E-state index in [1.807, 2.05) is 36.4 Å². The summed E-state index contributed by atoms with van der Waals surface area (Å²) in [5.74, 6) is -0.341. The quantitative estimate of drug-likeness (QED) is 0.462. The van der Waals surface area contributed by atoms with Crippen LogP contribution in [0.4, 0.5) is 5.69 Å². The molecule has 1 aliphatic rings. The first kappa shape index (κ1) is 21.4. The van der Waals surface area contributed by atoms with E-state index in [1.54, 1.807) is 6.07 Å². The first-order chi connectivity index (χ1) is 14.6. The van der Waals surface area contributed by atoms with Crippen molar-refractivity contribution in [1.82, 2.24) is 4.90 Å². The molecule has 0 spiro atoms. The summed E-state index contributed by atoms with van der Waals surface area (Å²) in [5, 5.41) is 12.2. The predicted octanol–water partition coefficient (Wildman–Crippen LogP) is 2.37. The van der Waals surface area contributed by atoms with Crippen LogP contribution in [0, 0.1) is 0 Å². The van der Waals surface area contributed by atoms with Gasteiger partial charge in [0, 0.05) is 6.54 Å². The summed E-state index contributed by atoms with van der Waals surface area (Å²) < 4.78 is 10.8. The molecule has 0 bridgehead atoms. The molecular weight excluding hydrogens is 384 g/mol. The van der Waals surface area contributed by atoms with E-state index < -0.39 is 5.97 Å². The van der Waals surface area contributed by atoms with E-state index >= 15 is 0 Å². The van der Waals surface area contributed by atoms with Crippen molar-refractivity contribution >= 4 is 17.6 Å². The predicted molar refractivity (Wildman–Crippen MR) is 113 cm³/mol. The number of aliphatic hydroxyl groups is 1. The second kappa shape index (κ2) is 10.5. The maximum absolute atomic E-state index is 12.7. The van der Waals surface area contributed by atoms with E-state index in [0.29, 0.717) is 18.0 Å². The molecule has 7 heteroatoms. The molecule has 0 aromatic heterocycles. The highest BCUT2D eigenvalue weighted by atomic mass is 16.5. The molecule has 30 heavy (non-hydrogen) atoms. The molecule has 2 aromatic carbocycles. The molecule has 0 saturated heterocycles. The lowest BCUT2D eigenvalue weighted by atomic mass is 10.1. The van der Waals surface area contributed by atoms with Crippen LogP contribution in [0.15, 0.2) is 65.9 Å². The Morgan fingerprint density at radius 3 is 2.60 bits per heavy atom. The Labute approximate surface area is 175 Å². The van der Waals surface area contributed by atoms with Crippen LogP contribution < -0.4 is 10.1 Å². The number of β-amino-alcohol motifs (C(OH)–C–C–N with tert-alkyl or cyclic N) is 1. The molecule has 1 aliphatic heterocycles. The zero-order valence-corrected chi connectivity index (χ0v) is 17.0. The highest BCUT2D eigenvalue weighted by molar-refractivity contribution is 6.08. The van der Waals surface area contributed by atoms with Crippen molar-refractivity contribution in [2.75, 3.05) is 38.7 Å². The Bertz CT molecular complexity index is 911. The second-order valence-corrected chi connectivity index (χ2v) is 6.85. The zero-order chi connectivity index (χ0) is 21.3. The van der Waals surface area contributed by atoms with Gasteiger partial charge in [-0.25, -0.2) is 4.79 Å². The number of hydrogen-bond acceptors (Lipinski definition) is 6. The van der Waals surface area contributed by atoms with E-state index in [2.05, 4.69) is 17.4 Å². The minimum Gasteiger partial charge on any atom is -0.491 e. The fourth-order valence-corrected chi connectivity index (χ4v) is 3.28. The van der Waals surface area contributed by atoms with Crippen LogP contribution in [0.5, 0.6) is 5.75 Å². The van der Waals surface area contributed by atoms with Gasteiger partial charge in [-0.15, -0.1) is 0 Å². The van der Waals surface area contributed by atoms with Crippen LogP contribution >= 0.6 is 0 Å². The number of carbonyl (C=O) groups excluding carboxylic acids is 2. The Morgan fingerprint density at radius 1 is 1.13 bits per heavy atom. The number of nitrogens with one attached hydrogen (secondary N) is 1. The zero-order valence-electron chi connectivity index (χ0n) is 17.0. The van der Waals surface area contributed by atoms with Crippen LogP contribution in [-0.4, -0.2) is 55.3 Å². The number of anilines is 1. The number of nitrogens with zero attached hydrogens (tertiary/aromatic N) is 1. The number of rotatable bonds is 10. The average molecular weight is 410 g/mol. The average Bonchev–Trinajstić information content (AvgIpc) is 3.08. The van der Waals surface area contributed by atoms with Gasteiger partial charge in [0.1, 0.15) is 11.4 Å². The molecule has 2 N–H and O–H groups in total. The normalized spacial score (nSPS) is 13.5. The van der Waals surface area contributed by atoms with Crippen LogP contribution in [0.1, 0.15) is 12.0 Å². The van der Waals surface area contributed by atoms with Crippen molar-refractivity contribution in [3.8, 4) is 5.75 Å². The number of ether oxygens (including phenoxy) is 2. The third-order valence-electron chi connectivity index (χ3n) is 4.81. The maximum atomic E-state index is 12.7. The number of para-hydroxylation sites is 2. The van der Waals surface area contributed by atoms with Gasteiger partial charge in [-0.05, 0) is 30.5 Å². The van der Waals surface area contributed by atoms with Crippen molar-refractivity contribution in [1.29, 1.82) is 0 Å². The molecule has 0 aliphatic carbocycles. The summed E-state index contributed by atoms with van der Waals surface area (Å²) in [6.45, 7) is 0.562. The molecule has 2 aromatic rings. The lowest BCUT2D eigenvalue weighted by Gasteiger charge is -2.16. The van der Waals surface area contributed by atoms with E-state index in [9.17, 15) is 14.7 Å². The molecule has 3 rings (SSSR count). The Morgan fingerprint density at radius 2 is 1.87 bits per heavy atom. The summed E-state index contributed by atoms with van der Waals surface area (Å²) in [7, 11) is 1.27. The summed E-state index contributed by atoms with van der Waals surface area (Å²) >= 11 is 0. The van der Waals surface area contributed by atoms with E-state index in [1.165, 1.54) is 17.6 Å². The molecule has 7 nitrogen and oxygen atoms in total. The molecule has 0 saturated carbocycles. The smallest absolute Gasteiger partial charge is 0.337 e. The number of benzene rings is 2. The number of carbonyl (C=O) groups is 2. The second-order valence-electron chi connectivity index (χ2n) is 6.85. The SMILES string of the molecule is COC(=O)C1=C(Nc2ccccc2OCCCc2ccccc2)C(=O)N(CCO)C1. The highest BCUT2D eigenvalue weighted by Gasteiger charge is 2.34. The van der Waals surface area contributed by atoms with Gasteiger partial charge in [0.15, 0.2) is 0 Å². The number of aryl methyl sites for hydroxylation is 1. The van der Waals surface area contributed by atoms with Gasteiger partial charge in [0.25, 0.3) is 5.91 Å². The van der Waals surface area contributed by atoms with Gasteiger partial charge in [0.05, 0.1) is 38.1 Å². The summed E-state index contributed by atoms with van der Waals surface area (Å²) in [5.41, 5.74) is 2.22. The molecule has 0 radical (unpaired) electrons. The van der Waals surface area contributed by atoms with Crippen LogP contribution in [0.25, 0.3) is 0 Å². The van der Waals surface area contributed by atoms with Crippen molar-refractivity contribution < 1.29 is 24.2 Å². The van der Waals surface area contributed by atoms with E-state index in [-0.39, 0.29) is 36.9 Å². The van der Waals surface area contributed by atoms with E-state index in [4.69, 9.17) is 9.47 Å². The topological polar surface area (TPSA) is 88.1 Å². The van der Waals surface area contributed by atoms with Gasteiger partial charge in [-0.3, -0.25) is 4.79 Å². The molecular formula is C23H26N2O5. The Kier molecular flexibility index (Phi) is 7.45. The number of aliphatic hydroxyl groups excluding tert-OH is 1. The Hall–Kier alpha value is -3.32. The monoisotopic (exact) mass is 410 g/mol. The van der Waals surface area contributed by atoms with E-state index in [0.717, 1.165) is 12.8 Å². The molecule has 0 unspecified atom stereocenters. The number of methoxy groups -OCH3 is 1. The van der Waals surface area contributed by atoms with Crippen molar-refractivity contribution in [3.63, 3.8) is 0 Å². The third kappa shape index (κ3) is 5.18. The fraction of sp³-hybridized carbons (Fsp3) is 0.304. The van der Waals surface area contributed by atoms with Gasteiger partial charge >= 0.3 is 5.97 Å². The summed E-state index contributed by atoms with van der Waals surface area (Å²) in [4.78, 5) is 26.3. The number of amides is 1. The summed E-state index contributed by atoms with van der Waals surface area (Å²) in [6, 6.07) is 17.5. The molecule has 1 heterocycles. The third-order valence-corrected chi connectivity index (χ3v) is 4.81. The first-order valence-electron chi connectivity index (χ1n) is 9.88. The first-order valence-corrected chi connectivity index (χ1v) is 9.88.